The molecule has 0 aliphatic rings. The van der Waals surface area contributed by atoms with Crippen LogP contribution in [0.15, 0.2) is 22.9 Å². The Bertz CT molecular complexity index is 433. The Hall–Kier alpha value is -1.04. The number of thiazole rings is 1. The van der Waals surface area contributed by atoms with Crippen molar-refractivity contribution >= 4 is 28.5 Å². The van der Waals surface area contributed by atoms with Crippen molar-refractivity contribution in [1.29, 1.82) is 0 Å². The highest BCUT2D eigenvalue weighted by Crippen LogP contribution is 2.16. The highest BCUT2D eigenvalue weighted by molar-refractivity contribution is 7.12. The lowest BCUT2D eigenvalue weighted by Gasteiger charge is -1.90. The van der Waals surface area contributed by atoms with E-state index in [1.807, 2.05) is 11.4 Å². The fraction of sp³-hybridized carbons (Fsp3) is 0.111. The molecule has 0 aliphatic carbocycles. The lowest BCUT2D eigenvalue weighted by molar-refractivity contribution is 0.103. The number of aromatic nitrogens is 1. The van der Waals surface area contributed by atoms with Gasteiger partial charge in [-0.25, -0.2) is 4.98 Å². The quantitative estimate of drug-likeness (QED) is 0.810. The van der Waals surface area contributed by atoms with Crippen LogP contribution in [0.25, 0.3) is 0 Å². The average molecular weight is 224 g/mol. The van der Waals surface area contributed by atoms with Crippen LogP contribution in [0.1, 0.15) is 20.4 Å². The van der Waals surface area contributed by atoms with Crippen LogP contribution >= 0.6 is 22.7 Å². The van der Waals surface area contributed by atoms with Crippen molar-refractivity contribution in [2.24, 2.45) is 5.73 Å². The smallest absolute Gasteiger partial charge is 0.222 e. The van der Waals surface area contributed by atoms with Crippen molar-refractivity contribution in [2.75, 3.05) is 0 Å². The number of hydrogen-bond acceptors (Lipinski definition) is 5. The molecule has 14 heavy (non-hydrogen) atoms. The number of carbonyl (C=O) groups is 1. The Balaban J connectivity index is 2.28. The summed E-state index contributed by atoms with van der Waals surface area (Å²) in [7, 11) is 0. The molecule has 2 rings (SSSR count). The van der Waals surface area contributed by atoms with E-state index in [9.17, 15) is 4.79 Å². The molecule has 0 amide bonds. The van der Waals surface area contributed by atoms with Crippen LogP contribution in [0.3, 0.4) is 0 Å². The van der Waals surface area contributed by atoms with Gasteiger partial charge in [0.2, 0.25) is 5.78 Å². The van der Waals surface area contributed by atoms with Crippen LogP contribution in [-0.2, 0) is 6.54 Å². The second-order valence-corrected chi connectivity index (χ2v) is 4.53. The Morgan fingerprint density at radius 3 is 2.93 bits per heavy atom. The molecule has 2 aromatic rings. The van der Waals surface area contributed by atoms with Crippen molar-refractivity contribution in [3.8, 4) is 0 Å². The predicted molar refractivity (Wildman–Crippen MR) is 57.8 cm³/mol. The molecular weight excluding hydrogens is 216 g/mol. The molecule has 2 heterocycles. The van der Waals surface area contributed by atoms with E-state index >= 15 is 0 Å². The molecule has 0 saturated heterocycles. The van der Waals surface area contributed by atoms with E-state index in [2.05, 4.69) is 4.98 Å². The van der Waals surface area contributed by atoms with Gasteiger partial charge < -0.3 is 5.73 Å². The number of rotatable bonds is 3. The summed E-state index contributed by atoms with van der Waals surface area (Å²) in [5.74, 6) is -0.0176. The van der Waals surface area contributed by atoms with E-state index in [-0.39, 0.29) is 5.78 Å². The van der Waals surface area contributed by atoms with Gasteiger partial charge in [-0.2, -0.15) is 0 Å². The second kappa shape index (κ2) is 4.00. The summed E-state index contributed by atoms with van der Waals surface area (Å²) in [4.78, 5) is 16.6. The SMILES string of the molecule is NCc1nc(C(=O)c2cccs2)cs1. The largest absolute Gasteiger partial charge is 0.325 e. The molecule has 2 aromatic heterocycles. The summed E-state index contributed by atoms with van der Waals surface area (Å²) in [6, 6.07) is 3.66. The first kappa shape index (κ1) is 9.51. The second-order valence-electron chi connectivity index (χ2n) is 2.64. The maximum absolute atomic E-state index is 11.8. The van der Waals surface area contributed by atoms with Crippen molar-refractivity contribution < 1.29 is 4.79 Å². The maximum atomic E-state index is 11.8. The summed E-state index contributed by atoms with van der Waals surface area (Å²) in [5, 5.41) is 4.43. The van der Waals surface area contributed by atoms with E-state index in [1.165, 1.54) is 22.7 Å². The van der Waals surface area contributed by atoms with E-state index in [4.69, 9.17) is 5.73 Å². The van der Waals surface area contributed by atoms with Crippen molar-refractivity contribution in [1.82, 2.24) is 4.98 Å². The molecule has 0 fully saturated rings. The topological polar surface area (TPSA) is 56.0 Å². The van der Waals surface area contributed by atoms with Crippen LogP contribution in [0.4, 0.5) is 0 Å². The standard InChI is InChI=1S/C9H8N2OS2/c10-4-8-11-6(5-14-8)9(12)7-2-1-3-13-7/h1-3,5H,4,10H2. The van der Waals surface area contributed by atoms with Crippen LogP contribution < -0.4 is 5.73 Å². The number of nitrogens with zero attached hydrogens (tertiary/aromatic N) is 1. The molecule has 0 unspecified atom stereocenters. The molecule has 72 valence electrons. The monoisotopic (exact) mass is 224 g/mol. The van der Waals surface area contributed by atoms with Gasteiger partial charge in [0, 0.05) is 11.9 Å². The Morgan fingerprint density at radius 1 is 1.50 bits per heavy atom. The van der Waals surface area contributed by atoms with Crippen molar-refractivity contribution in [2.45, 2.75) is 6.54 Å². The fourth-order valence-electron chi connectivity index (χ4n) is 1.04. The highest BCUT2D eigenvalue weighted by Gasteiger charge is 2.13. The van der Waals surface area contributed by atoms with Gasteiger partial charge in [-0.05, 0) is 11.4 Å². The molecule has 3 nitrogen and oxygen atoms in total. The third kappa shape index (κ3) is 1.75. The first-order valence-electron chi connectivity index (χ1n) is 4.04. The minimum absolute atomic E-state index is 0.0176. The summed E-state index contributed by atoms with van der Waals surface area (Å²) in [6.07, 6.45) is 0. The molecule has 2 N–H and O–H groups in total. The Kier molecular flexibility index (Phi) is 2.72. The molecule has 0 spiro atoms. The maximum Gasteiger partial charge on any atom is 0.222 e. The zero-order chi connectivity index (χ0) is 9.97. The summed E-state index contributed by atoms with van der Waals surface area (Å²) < 4.78 is 0. The lowest BCUT2D eigenvalue weighted by atomic mass is 10.3. The number of ketones is 1. The fourth-order valence-corrected chi connectivity index (χ4v) is 2.37. The predicted octanol–water partition coefficient (Wildman–Crippen LogP) is 1.89. The number of hydrogen-bond donors (Lipinski definition) is 1. The van der Waals surface area contributed by atoms with Crippen LogP contribution in [0, 0.1) is 0 Å². The first-order chi connectivity index (χ1) is 6.81. The van der Waals surface area contributed by atoms with Gasteiger partial charge in [-0.1, -0.05) is 6.07 Å². The Morgan fingerprint density at radius 2 is 2.36 bits per heavy atom. The van der Waals surface area contributed by atoms with Gasteiger partial charge in [0.1, 0.15) is 10.7 Å². The number of nitrogens with two attached hydrogens (primary N) is 1. The molecule has 0 atom stereocenters. The van der Waals surface area contributed by atoms with Crippen LogP contribution in [-0.4, -0.2) is 10.8 Å². The number of thiophene rings is 1. The van der Waals surface area contributed by atoms with Crippen LogP contribution in [0.2, 0.25) is 0 Å². The molecule has 0 radical (unpaired) electrons. The van der Waals surface area contributed by atoms with E-state index < -0.39 is 0 Å². The summed E-state index contributed by atoms with van der Waals surface area (Å²) in [6.45, 7) is 0.391. The van der Waals surface area contributed by atoms with E-state index in [1.54, 1.807) is 11.4 Å². The summed E-state index contributed by atoms with van der Waals surface area (Å²) >= 11 is 2.85. The lowest BCUT2D eigenvalue weighted by Crippen LogP contribution is -2.01. The van der Waals surface area contributed by atoms with E-state index in [0.717, 1.165) is 9.88 Å². The molecule has 0 saturated carbocycles. The van der Waals surface area contributed by atoms with Gasteiger partial charge in [0.25, 0.3) is 0 Å². The third-order valence-electron chi connectivity index (χ3n) is 1.70. The van der Waals surface area contributed by atoms with Gasteiger partial charge >= 0.3 is 0 Å². The van der Waals surface area contributed by atoms with E-state index in [0.29, 0.717) is 12.2 Å². The molecular formula is C9H8N2OS2. The summed E-state index contributed by atoms with van der Waals surface area (Å²) in [5.41, 5.74) is 5.92. The average Bonchev–Trinajstić information content (AvgIpc) is 2.88. The van der Waals surface area contributed by atoms with Crippen molar-refractivity contribution in [3.05, 3.63) is 38.5 Å². The minimum Gasteiger partial charge on any atom is -0.325 e. The normalized spacial score (nSPS) is 10.4. The van der Waals surface area contributed by atoms with Crippen LogP contribution in [0.5, 0.6) is 0 Å². The third-order valence-corrected chi connectivity index (χ3v) is 3.44. The minimum atomic E-state index is -0.0176. The molecule has 0 aliphatic heterocycles. The van der Waals surface area contributed by atoms with Gasteiger partial charge in [0.15, 0.2) is 0 Å². The highest BCUT2D eigenvalue weighted by atomic mass is 32.1. The zero-order valence-corrected chi connectivity index (χ0v) is 8.90. The zero-order valence-electron chi connectivity index (χ0n) is 7.27. The molecule has 0 bridgehead atoms. The first-order valence-corrected chi connectivity index (χ1v) is 5.80. The van der Waals surface area contributed by atoms with Gasteiger partial charge in [-0.3, -0.25) is 4.79 Å². The molecule has 0 aromatic carbocycles. The van der Waals surface area contributed by atoms with Gasteiger partial charge in [-0.15, -0.1) is 22.7 Å². The van der Waals surface area contributed by atoms with Gasteiger partial charge in [0.05, 0.1) is 4.88 Å². The molecule has 5 heteroatoms. The van der Waals surface area contributed by atoms with Crippen molar-refractivity contribution in [3.63, 3.8) is 0 Å². The Labute approximate surface area is 89.2 Å². The number of carbonyl (C=O) groups excluding carboxylic acids is 1.